The van der Waals surface area contributed by atoms with Crippen LogP contribution in [-0.4, -0.2) is 23.0 Å². The Labute approximate surface area is 138 Å². The average Bonchev–Trinajstić information content (AvgIpc) is 2.94. The number of pyridine rings is 1. The maximum atomic E-state index is 12.7. The van der Waals surface area contributed by atoms with E-state index in [1.165, 1.54) is 6.07 Å². The summed E-state index contributed by atoms with van der Waals surface area (Å²) in [5.41, 5.74) is 1.95. The molecule has 4 rings (SSSR count). The summed E-state index contributed by atoms with van der Waals surface area (Å²) in [5.74, 6) is 0.217. The van der Waals surface area contributed by atoms with Crippen molar-refractivity contribution >= 4 is 32.1 Å². The fraction of sp³-hybridized carbons (Fsp3) is 0.0588. The van der Waals surface area contributed by atoms with Gasteiger partial charge in [0, 0.05) is 24.7 Å². The summed E-state index contributed by atoms with van der Waals surface area (Å²) in [5, 5.41) is 0.738. The van der Waals surface area contributed by atoms with Crippen molar-refractivity contribution < 1.29 is 12.6 Å². The van der Waals surface area contributed by atoms with E-state index in [2.05, 4.69) is 9.97 Å². The molecule has 0 aliphatic rings. The number of benzene rings is 2. The molecule has 2 heterocycles. The Kier molecular flexibility index (Phi) is 3.24. The number of fused-ring (bicyclic) bond motifs is 2. The van der Waals surface area contributed by atoms with Crippen molar-refractivity contribution in [2.75, 3.05) is 0 Å². The molecule has 2 aromatic heterocycles. The summed E-state index contributed by atoms with van der Waals surface area (Å²) in [6.07, 6.45) is 3.22. The molecular formula is C17H13N3O3S. The lowest BCUT2D eigenvalue weighted by molar-refractivity contribution is 0.487. The van der Waals surface area contributed by atoms with Crippen LogP contribution in [0.3, 0.4) is 0 Å². The van der Waals surface area contributed by atoms with E-state index in [1.807, 2.05) is 11.6 Å². The smallest absolute Gasteiger partial charge is 0.341 e. The normalized spacial score (nSPS) is 11.9. The summed E-state index contributed by atoms with van der Waals surface area (Å²) >= 11 is 0. The minimum Gasteiger partial charge on any atom is -0.379 e. The quantitative estimate of drug-likeness (QED) is 0.537. The van der Waals surface area contributed by atoms with Gasteiger partial charge in [-0.1, -0.05) is 18.2 Å². The lowest BCUT2D eigenvalue weighted by atomic mass is 10.2. The van der Waals surface area contributed by atoms with Crippen molar-refractivity contribution in [2.24, 2.45) is 7.05 Å². The molecule has 0 spiro atoms. The first-order valence-corrected chi connectivity index (χ1v) is 8.65. The topological polar surface area (TPSA) is 74.1 Å². The minimum absolute atomic E-state index is 0.0433. The lowest BCUT2D eigenvalue weighted by Gasteiger charge is -2.09. The fourth-order valence-electron chi connectivity index (χ4n) is 2.62. The minimum atomic E-state index is -4.00. The fourth-order valence-corrected chi connectivity index (χ4v) is 3.72. The van der Waals surface area contributed by atoms with Gasteiger partial charge in [0.25, 0.3) is 0 Å². The van der Waals surface area contributed by atoms with Crippen molar-refractivity contribution in [1.82, 2.24) is 14.5 Å². The number of para-hydroxylation sites is 1. The molecule has 0 bridgehead atoms. The molecule has 2 aromatic carbocycles. The highest BCUT2D eigenvalue weighted by molar-refractivity contribution is 7.87. The zero-order chi connectivity index (χ0) is 16.7. The van der Waals surface area contributed by atoms with Gasteiger partial charge in [-0.05, 0) is 24.3 Å². The van der Waals surface area contributed by atoms with Crippen LogP contribution < -0.4 is 4.18 Å². The highest BCUT2D eigenvalue weighted by Crippen LogP contribution is 2.26. The molecule has 0 fully saturated rings. The molecule has 0 aliphatic carbocycles. The van der Waals surface area contributed by atoms with Crippen LogP contribution in [0.4, 0.5) is 0 Å². The summed E-state index contributed by atoms with van der Waals surface area (Å²) < 4.78 is 32.5. The maximum Gasteiger partial charge on any atom is 0.341 e. The number of hydrogen-bond donors (Lipinski definition) is 0. The second-order valence-corrected chi connectivity index (χ2v) is 6.89. The van der Waals surface area contributed by atoms with Crippen LogP contribution in [-0.2, 0) is 17.2 Å². The van der Waals surface area contributed by atoms with Gasteiger partial charge in [-0.3, -0.25) is 4.98 Å². The van der Waals surface area contributed by atoms with Crippen molar-refractivity contribution in [1.29, 1.82) is 0 Å². The number of hydrogen-bond acceptors (Lipinski definition) is 5. The predicted octanol–water partition coefficient (Wildman–Crippen LogP) is 2.89. The van der Waals surface area contributed by atoms with Gasteiger partial charge >= 0.3 is 10.1 Å². The number of nitrogens with zero attached hydrogens (tertiary/aromatic N) is 3. The van der Waals surface area contributed by atoms with E-state index in [9.17, 15) is 8.42 Å². The van der Waals surface area contributed by atoms with Gasteiger partial charge in [-0.15, -0.1) is 0 Å². The Bertz CT molecular complexity index is 1160. The molecule has 24 heavy (non-hydrogen) atoms. The predicted molar refractivity (Wildman–Crippen MR) is 90.3 cm³/mol. The summed E-state index contributed by atoms with van der Waals surface area (Å²) in [6.45, 7) is 0. The molecule has 0 radical (unpaired) electrons. The van der Waals surface area contributed by atoms with Gasteiger partial charge in [0.2, 0.25) is 0 Å². The van der Waals surface area contributed by atoms with E-state index < -0.39 is 10.1 Å². The van der Waals surface area contributed by atoms with Gasteiger partial charge in [-0.2, -0.15) is 8.42 Å². The molecule has 6 nitrogen and oxygen atoms in total. The van der Waals surface area contributed by atoms with Crippen molar-refractivity contribution in [3.63, 3.8) is 0 Å². The first-order chi connectivity index (χ1) is 11.5. The van der Waals surface area contributed by atoms with Crippen LogP contribution in [0.5, 0.6) is 5.75 Å². The van der Waals surface area contributed by atoms with E-state index in [1.54, 1.807) is 55.0 Å². The van der Waals surface area contributed by atoms with Gasteiger partial charge in [0.15, 0.2) is 0 Å². The van der Waals surface area contributed by atoms with E-state index in [0.29, 0.717) is 11.0 Å². The summed E-state index contributed by atoms with van der Waals surface area (Å²) in [7, 11) is -2.13. The van der Waals surface area contributed by atoms with Gasteiger partial charge < -0.3 is 8.75 Å². The van der Waals surface area contributed by atoms with Gasteiger partial charge in [0.05, 0.1) is 22.9 Å². The average molecular weight is 339 g/mol. The third kappa shape index (κ3) is 2.39. The Morgan fingerprint density at radius 2 is 1.88 bits per heavy atom. The molecule has 4 aromatic rings. The van der Waals surface area contributed by atoms with E-state index in [4.69, 9.17) is 4.18 Å². The van der Waals surface area contributed by atoms with Crippen LogP contribution in [0.2, 0.25) is 0 Å². The van der Waals surface area contributed by atoms with Gasteiger partial charge in [-0.25, -0.2) is 4.98 Å². The van der Waals surface area contributed by atoms with Crippen LogP contribution in [0.1, 0.15) is 0 Å². The second-order valence-electron chi connectivity index (χ2n) is 5.37. The molecule has 0 atom stereocenters. The summed E-state index contributed by atoms with van der Waals surface area (Å²) in [4.78, 5) is 8.42. The molecule has 0 unspecified atom stereocenters. The Hall–Kier alpha value is -2.93. The number of aryl methyl sites for hydroxylation is 1. The zero-order valence-electron chi connectivity index (χ0n) is 12.7. The van der Waals surface area contributed by atoms with Crippen LogP contribution in [0.25, 0.3) is 21.9 Å². The van der Waals surface area contributed by atoms with Gasteiger partial charge in [0.1, 0.15) is 10.6 Å². The monoisotopic (exact) mass is 339 g/mol. The highest BCUT2D eigenvalue weighted by atomic mass is 32.2. The van der Waals surface area contributed by atoms with E-state index >= 15 is 0 Å². The lowest BCUT2D eigenvalue weighted by Crippen LogP contribution is -2.10. The molecule has 0 aliphatic heterocycles. The first kappa shape index (κ1) is 14.6. The Morgan fingerprint density at radius 3 is 2.75 bits per heavy atom. The van der Waals surface area contributed by atoms with Crippen LogP contribution in [0, 0.1) is 0 Å². The van der Waals surface area contributed by atoms with E-state index in [0.717, 1.165) is 10.9 Å². The Morgan fingerprint density at radius 1 is 1.04 bits per heavy atom. The molecule has 0 amide bonds. The summed E-state index contributed by atoms with van der Waals surface area (Å²) in [6, 6.07) is 13.5. The standard InChI is InChI=1S/C17H13N3O3S/c1-20-11-19-14-10-13(7-8-15(14)20)23-24(21,22)16-6-2-4-12-5-3-9-18-17(12)16/h2-11H,1H3. The zero-order valence-corrected chi connectivity index (χ0v) is 13.6. The largest absolute Gasteiger partial charge is 0.379 e. The number of aromatic nitrogens is 3. The van der Waals surface area contributed by atoms with Crippen molar-refractivity contribution in [3.05, 3.63) is 61.1 Å². The molecular weight excluding hydrogens is 326 g/mol. The molecule has 7 heteroatoms. The van der Waals surface area contributed by atoms with Crippen molar-refractivity contribution in [3.8, 4) is 5.75 Å². The maximum absolute atomic E-state index is 12.7. The molecule has 0 N–H and O–H groups in total. The first-order valence-electron chi connectivity index (χ1n) is 7.24. The number of rotatable bonds is 3. The van der Waals surface area contributed by atoms with Crippen molar-refractivity contribution in [2.45, 2.75) is 4.90 Å². The molecule has 120 valence electrons. The third-order valence-electron chi connectivity index (χ3n) is 3.77. The third-order valence-corrected chi connectivity index (χ3v) is 5.05. The van der Waals surface area contributed by atoms with Crippen LogP contribution >= 0.6 is 0 Å². The molecule has 0 saturated heterocycles. The Balaban J connectivity index is 1.78. The van der Waals surface area contributed by atoms with E-state index in [-0.39, 0.29) is 10.6 Å². The highest BCUT2D eigenvalue weighted by Gasteiger charge is 2.21. The number of imidazole rings is 1. The SMILES string of the molecule is Cn1cnc2cc(OS(=O)(=O)c3cccc4cccnc34)ccc21. The van der Waals surface area contributed by atoms with Crippen LogP contribution in [0.15, 0.2) is 66.0 Å². The second kappa shape index (κ2) is 5.31. The molecule has 0 saturated carbocycles.